The average Bonchev–Trinajstić information content (AvgIpc) is 3.94. The van der Waals surface area contributed by atoms with Gasteiger partial charge in [0.2, 0.25) is 0 Å². The summed E-state index contributed by atoms with van der Waals surface area (Å²) in [4.78, 5) is 2.54. The Labute approximate surface area is 335 Å². The molecular formula is C54H36N2S. The minimum Gasteiger partial charge on any atom is -0.333 e. The number of para-hydroxylation sites is 1. The maximum atomic E-state index is 2.54. The third-order valence-electron chi connectivity index (χ3n) is 12.1. The molecule has 0 radical (unpaired) electrons. The molecule has 0 saturated carbocycles. The number of nitrogens with zero attached hydrogens (tertiary/aromatic N) is 2. The molecule has 2 unspecified atom stereocenters. The Morgan fingerprint density at radius 1 is 0.421 bits per heavy atom. The standard InChI is InChI=1S/C54H36N2S/c1-2-12-35(13-3-1)37-14-10-15-41(32-37)56-49-21-8-5-17-44(49)47-34-39(27-31-51(47)56)38-26-30-50-46(33-38)43-16-4-7-20-48(43)55(50)40-28-24-36(25-29-40)42-19-11-23-53-54(42)45-18-6-9-22-52(45)57-53/h1-34,43,48H. The number of allylic oxidation sites excluding steroid dienone is 2. The van der Waals surface area contributed by atoms with Crippen molar-refractivity contribution >= 4 is 64.7 Å². The first-order valence-electron chi connectivity index (χ1n) is 19.8. The number of hydrogen-bond acceptors (Lipinski definition) is 2. The van der Waals surface area contributed by atoms with Crippen LogP contribution in [0, 0.1) is 0 Å². The van der Waals surface area contributed by atoms with Gasteiger partial charge in [-0.1, -0.05) is 140 Å². The molecule has 0 fully saturated rings. The second kappa shape index (κ2) is 12.8. The lowest BCUT2D eigenvalue weighted by Crippen LogP contribution is -2.28. The number of hydrogen-bond donors (Lipinski definition) is 0. The maximum absolute atomic E-state index is 2.54. The monoisotopic (exact) mass is 744 g/mol. The Morgan fingerprint density at radius 3 is 2.02 bits per heavy atom. The number of anilines is 2. The molecule has 2 aromatic heterocycles. The van der Waals surface area contributed by atoms with Crippen LogP contribution in [0.4, 0.5) is 11.4 Å². The van der Waals surface area contributed by atoms with Crippen LogP contribution in [-0.4, -0.2) is 10.6 Å². The van der Waals surface area contributed by atoms with Crippen LogP contribution in [0.25, 0.3) is 81.0 Å². The highest BCUT2D eigenvalue weighted by Gasteiger charge is 2.37. The molecule has 0 bridgehead atoms. The summed E-state index contributed by atoms with van der Waals surface area (Å²) in [5, 5.41) is 5.21. The van der Waals surface area contributed by atoms with Gasteiger partial charge in [-0.15, -0.1) is 11.3 Å². The van der Waals surface area contributed by atoms with Crippen LogP contribution in [0.15, 0.2) is 206 Å². The second-order valence-electron chi connectivity index (χ2n) is 15.3. The lowest BCUT2D eigenvalue weighted by Gasteiger charge is -2.28. The summed E-state index contributed by atoms with van der Waals surface area (Å²) in [6.45, 7) is 0. The number of thiophene rings is 1. The summed E-state index contributed by atoms with van der Waals surface area (Å²) in [6, 6.07) is 67.4. The molecule has 0 saturated heterocycles. The maximum Gasteiger partial charge on any atom is 0.0629 e. The fourth-order valence-electron chi connectivity index (χ4n) is 9.52. The van der Waals surface area contributed by atoms with Crippen LogP contribution in [0.3, 0.4) is 0 Å². The highest BCUT2D eigenvalue weighted by Crippen LogP contribution is 2.50. The molecule has 0 spiro atoms. The fraction of sp³-hybridized carbons (Fsp3) is 0.0370. The minimum absolute atomic E-state index is 0.224. The van der Waals surface area contributed by atoms with Gasteiger partial charge in [0.15, 0.2) is 0 Å². The summed E-state index contributed by atoms with van der Waals surface area (Å²) in [5.74, 6) is 0.276. The first-order chi connectivity index (χ1) is 28.3. The highest BCUT2D eigenvalue weighted by molar-refractivity contribution is 7.25. The molecule has 268 valence electrons. The Morgan fingerprint density at radius 2 is 1.11 bits per heavy atom. The largest absolute Gasteiger partial charge is 0.333 e. The van der Waals surface area contributed by atoms with Crippen LogP contribution in [0.2, 0.25) is 0 Å². The molecule has 12 rings (SSSR count). The lowest BCUT2D eigenvalue weighted by molar-refractivity contribution is 0.745. The second-order valence-corrected chi connectivity index (χ2v) is 16.3. The summed E-state index contributed by atoms with van der Waals surface area (Å²) >= 11 is 1.88. The lowest BCUT2D eigenvalue weighted by atomic mass is 9.89. The van der Waals surface area contributed by atoms with Gasteiger partial charge in [-0.3, -0.25) is 0 Å². The number of fused-ring (bicyclic) bond motifs is 9. The van der Waals surface area contributed by atoms with Crippen LogP contribution in [0.5, 0.6) is 0 Å². The van der Waals surface area contributed by atoms with E-state index in [0.717, 1.165) is 0 Å². The molecule has 1 aliphatic heterocycles. The highest BCUT2D eigenvalue weighted by atomic mass is 32.1. The van der Waals surface area contributed by atoms with Crippen LogP contribution in [0.1, 0.15) is 11.5 Å². The normalized spacial score (nSPS) is 15.9. The van der Waals surface area contributed by atoms with Crippen molar-refractivity contribution in [3.05, 3.63) is 212 Å². The van der Waals surface area contributed by atoms with Crippen molar-refractivity contribution in [3.8, 4) is 39.1 Å². The van der Waals surface area contributed by atoms with Gasteiger partial charge in [0, 0.05) is 53.9 Å². The summed E-state index contributed by atoms with van der Waals surface area (Å²) < 4.78 is 5.09. The van der Waals surface area contributed by atoms with Gasteiger partial charge in [-0.05, 0) is 106 Å². The van der Waals surface area contributed by atoms with E-state index >= 15 is 0 Å². The van der Waals surface area contributed by atoms with E-state index in [1.807, 2.05) is 11.3 Å². The van der Waals surface area contributed by atoms with Gasteiger partial charge in [-0.25, -0.2) is 0 Å². The first-order valence-corrected chi connectivity index (χ1v) is 20.6. The van der Waals surface area contributed by atoms with E-state index in [4.69, 9.17) is 0 Å². The fourth-order valence-corrected chi connectivity index (χ4v) is 10.7. The van der Waals surface area contributed by atoms with Crippen molar-refractivity contribution in [1.29, 1.82) is 0 Å². The molecule has 0 amide bonds. The van der Waals surface area contributed by atoms with E-state index in [0.29, 0.717) is 0 Å². The zero-order valence-electron chi connectivity index (χ0n) is 31.1. The van der Waals surface area contributed by atoms with Crippen molar-refractivity contribution in [2.45, 2.75) is 12.0 Å². The van der Waals surface area contributed by atoms with Crippen molar-refractivity contribution in [3.63, 3.8) is 0 Å². The van der Waals surface area contributed by atoms with Crippen molar-refractivity contribution in [2.75, 3.05) is 4.90 Å². The van der Waals surface area contributed by atoms with Crippen molar-refractivity contribution < 1.29 is 0 Å². The zero-order valence-corrected chi connectivity index (χ0v) is 31.9. The van der Waals surface area contributed by atoms with E-state index in [1.54, 1.807) is 0 Å². The Hall–Kier alpha value is -6.94. The molecule has 3 heterocycles. The van der Waals surface area contributed by atoms with Crippen LogP contribution in [-0.2, 0) is 0 Å². The molecule has 3 heteroatoms. The Bertz CT molecular complexity index is 3250. The Kier molecular flexibility index (Phi) is 7.26. The molecular weight excluding hydrogens is 709 g/mol. The van der Waals surface area contributed by atoms with Crippen LogP contribution >= 0.6 is 11.3 Å². The van der Waals surface area contributed by atoms with Gasteiger partial charge >= 0.3 is 0 Å². The Balaban J connectivity index is 0.927. The molecule has 8 aromatic carbocycles. The quantitative estimate of drug-likeness (QED) is 0.170. The van der Waals surface area contributed by atoms with E-state index in [1.165, 1.54) is 98.0 Å². The van der Waals surface area contributed by atoms with Crippen molar-refractivity contribution in [1.82, 2.24) is 4.57 Å². The number of rotatable bonds is 5. The summed E-state index contributed by atoms with van der Waals surface area (Å²) in [5.41, 5.74) is 14.9. The summed E-state index contributed by atoms with van der Waals surface area (Å²) in [6.07, 6.45) is 9.16. The predicted molar refractivity (Wildman–Crippen MR) is 243 cm³/mol. The van der Waals surface area contributed by atoms with Gasteiger partial charge in [-0.2, -0.15) is 0 Å². The first kappa shape index (κ1) is 32.3. The predicted octanol–water partition coefficient (Wildman–Crippen LogP) is 14.9. The third kappa shape index (κ3) is 5.09. The van der Waals surface area contributed by atoms with Gasteiger partial charge in [0.1, 0.15) is 0 Å². The molecule has 0 N–H and O–H groups in total. The van der Waals surface area contributed by atoms with Crippen molar-refractivity contribution in [2.24, 2.45) is 0 Å². The molecule has 1 aliphatic carbocycles. The summed E-state index contributed by atoms with van der Waals surface area (Å²) in [7, 11) is 0. The zero-order chi connectivity index (χ0) is 37.5. The van der Waals surface area contributed by atoms with Gasteiger partial charge in [0.25, 0.3) is 0 Å². The average molecular weight is 745 g/mol. The minimum atomic E-state index is 0.224. The molecule has 10 aromatic rings. The van der Waals surface area contributed by atoms with E-state index < -0.39 is 0 Å². The molecule has 2 nitrogen and oxygen atoms in total. The van der Waals surface area contributed by atoms with Gasteiger partial charge < -0.3 is 9.47 Å². The smallest absolute Gasteiger partial charge is 0.0629 e. The molecule has 57 heavy (non-hydrogen) atoms. The number of benzene rings is 8. The van der Waals surface area contributed by atoms with E-state index in [-0.39, 0.29) is 12.0 Å². The topological polar surface area (TPSA) is 8.17 Å². The third-order valence-corrected chi connectivity index (χ3v) is 13.3. The number of aromatic nitrogens is 1. The molecule has 2 aliphatic rings. The SMILES string of the molecule is C1=CC2c3cc(-c4ccc5c(c4)c4ccccc4n5-c4cccc(-c5ccccc5)c4)ccc3N(c3ccc(-c4cccc5sc6ccccc6c45)cc3)C2C=C1. The van der Waals surface area contributed by atoms with E-state index in [2.05, 4.69) is 216 Å². The van der Waals surface area contributed by atoms with Crippen LogP contribution < -0.4 is 4.90 Å². The molecule has 2 atom stereocenters. The van der Waals surface area contributed by atoms with E-state index in [9.17, 15) is 0 Å². The van der Waals surface area contributed by atoms with Gasteiger partial charge in [0.05, 0.1) is 17.1 Å².